The molecule has 0 spiro atoms. The van der Waals surface area contributed by atoms with Gasteiger partial charge >= 0.3 is 5.97 Å². The number of nitrogens with two attached hydrogens (primary N) is 1. The lowest BCUT2D eigenvalue weighted by Crippen LogP contribution is -2.39. The highest BCUT2D eigenvalue weighted by Gasteiger charge is 2.43. The molecule has 8 nitrogen and oxygen atoms in total. The van der Waals surface area contributed by atoms with Gasteiger partial charge in [0.2, 0.25) is 10.0 Å². The van der Waals surface area contributed by atoms with Crippen molar-refractivity contribution in [1.82, 2.24) is 5.32 Å². The summed E-state index contributed by atoms with van der Waals surface area (Å²) in [4.78, 5) is 27.5. The number of primary sulfonamides is 1. The van der Waals surface area contributed by atoms with E-state index in [-0.39, 0.29) is 41.8 Å². The predicted octanol–water partition coefficient (Wildman–Crippen LogP) is 4.98. The van der Waals surface area contributed by atoms with E-state index in [9.17, 15) is 18.0 Å². The van der Waals surface area contributed by atoms with E-state index < -0.39 is 27.5 Å². The molecule has 2 aliphatic rings. The fourth-order valence-electron chi connectivity index (χ4n) is 6.05. The topological polar surface area (TPSA) is 125 Å². The number of esters is 1. The Labute approximate surface area is 243 Å². The quantitative estimate of drug-likeness (QED) is 0.443. The van der Waals surface area contributed by atoms with Crippen molar-refractivity contribution in [2.45, 2.75) is 83.6 Å². The van der Waals surface area contributed by atoms with Crippen molar-refractivity contribution in [3.8, 4) is 0 Å². The van der Waals surface area contributed by atoms with Crippen molar-refractivity contribution < 1.29 is 27.5 Å². The third-order valence-corrected chi connectivity index (χ3v) is 8.43. The van der Waals surface area contributed by atoms with Crippen LogP contribution in [-0.4, -0.2) is 39.0 Å². The van der Waals surface area contributed by atoms with E-state index in [1.165, 1.54) is 17.7 Å². The number of ketones is 1. The SMILES string of the molecule is CCOC(=O)C1=C(COC(C)(C)C)NC2=C(C(=O)CC(c3c(C)cc(C)cc3C)C2)C1c1cccc(S(N)(=O)=O)c1. The van der Waals surface area contributed by atoms with Crippen LogP contribution in [0, 0.1) is 20.8 Å². The van der Waals surface area contributed by atoms with Gasteiger partial charge in [0.15, 0.2) is 5.78 Å². The molecule has 2 atom stereocenters. The first-order valence-electron chi connectivity index (χ1n) is 13.9. The van der Waals surface area contributed by atoms with Crippen LogP contribution in [-0.2, 0) is 29.1 Å². The standard InChI is InChI=1S/C32H40N2O6S/c1-8-39-31(36)30-25(17-40-32(5,6)7)34-24-15-22(27-19(3)12-18(2)13-20(27)4)16-26(35)29(24)28(30)21-10-9-11-23(14-21)41(33,37)38/h9-14,22,28,34H,8,15-17H2,1-7H3,(H2,33,37,38). The molecule has 0 saturated carbocycles. The molecule has 9 heteroatoms. The Morgan fingerprint density at radius 2 is 1.73 bits per heavy atom. The summed E-state index contributed by atoms with van der Waals surface area (Å²) in [6, 6.07) is 10.4. The summed E-state index contributed by atoms with van der Waals surface area (Å²) in [5.41, 5.74) is 6.43. The zero-order chi connectivity index (χ0) is 30.3. The molecule has 1 aliphatic heterocycles. The molecular weight excluding hydrogens is 540 g/mol. The molecule has 1 aliphatic carbocycles. The van der Waals surface area contributed by atoms with E-state index in [0.29, 0.717) is 29.0 Å². The molecule has 4 rings (SSSR count). The minimum Gasteiger partial charge on any atom is -0.463 e. The lowest BCUT2D eigenvalue weighted by Gasteiger charge is -2.38. The minimum atomic E-state index is -4.03. The predicted molar refractivity (Wildman–Crippen MR) is 158 cm³/mol. The van der Waals surface area contributed by atoms with Gasteiger partial charge in [-0.2, -0.15) is 0 Å². The first-order chi connectivity index (χ1) is 19.1. The number of carbonyl (C=O) groups is 2. The monoisotopic (exact) mass is 580 g/mol. The molecule has 41 heavy (non-hydrogen) atoms. The van der Waals surface area contributed by atoms with Crippen LogP contribution in [0.2, 0.25) is 0 Å². The zero-order valence-electron chi connectivity index (χ0n) is 24.9. The van der Waals surface area contributed by atoms with Gasteiger partial charge in [-0.1, -0.05) is 29.8 Å². The van der Waals surface area contributed by atoms with E-state index in [1.807, 2.05) is 20.8 Å². The first kappa shape index (κ1) is 30.7. The van der Waals surface area contributed by atoms with Crippen molar-refractivity contribution in [2.75, 3.05) is 13.2 Å². The number of rotatable bonds is 7. The normalized spacial score (nSPS) is 19.7. The van der Waals surface area contributed by atoms with Gasteiger partial charge in [-0.25, -0.2) is 18.4 Å². The molecule has 0 saturated heterocycles. The van der Waals surface area contributed by atoms with Crippen LogP contribution < -0.4 is 10.5 Å². The Kier molecular flexibility index (Phi) is 8.64. The van der Waals surface area contributed by atoms with E-state index >= 15 is 0 Å². The van der Waals surface area contributed by atoms with Gasteiger partial charge in [0.1, 0.15) is 0 Å². The van der Waals surface area contributed by atoms with Crippen molar-refractivity contribution in [3.63, 3.8) is 0 Å². The smallest absolute Gasteiger partial charge is 0.336 e. The number of hydrogen-bond acceptors (Lipinski definition) is 7. The average Bonchev–Trinajstić information content (AvgIpc) is 2.85. The first-order valence-corrected chi connectivity index (χ1v) is 15.4. The number of benzene rings is 2. The Balaban J connectivity index is 1.92. The minimum absolute atomic E-state index is 0.0559. The summed E-state index contributed by atoms with van der Waals surface area (Å²) in [6.45, 7) is 13.9. The molecule has 1 heterocycles. The van der Waals surface area contributed by atoms with Crippen LogP contribution in [0.5, 0.6) is 0 Å². The van der Waals surface area contributed by atoms with Crippen molar-refractivity contribution in [3.05, 3.63) is 86.8 Å². The van der Waals surface area contributed by atoms with E-state index in [1.54, 1.807) is 19.1 Å². The second kappa shape index (κ2) is 11.5. The second-order valence-electron chi connectivity index (χ2n) is 11.9. The number of allylic oxidation sites excluding steroid dienone is 2. The van der Waals surface area contributed by atoms with Gasteiger partial charge in [0, 0.05) is 23.6 Å². The molecule has 0 bridgehead atoms. The number of aryl methyl sites for hydroxylation is 3. The van der Waals surface area contributed by atoms with E-state index in [4.69, 9.17) is 14.6 Å². The van der Waals surface area contributed by atoms with Gasteiger partial charge in [-0.15, -0.1) is 0 Å². The molecular formula is C32H40N2O6S. The Hall–Kier alpha value is -3.27. The van der Waals surface area contributed by atoms with Gasteiger partial charge in [-0.05, 0) is 95.2 Å². The number of carbonyl (C=O) groups excluding carboxylic acids is 2. The largest absolute Gasteiger partial charge is 0.463 e. The number of Topliss-reactive ketones (excluding diaryl/α,β-unsaturated/α-hetero) is 1. The number of hydrogen-bond donors (Lipinski definition) is 2. The molecule has 0 amide bonds. The third kappa shape index (κ3) is 6.63. The van der Waals surface area contributed by atoms with Gasteiger partial charge < -0.3 is 14.8 Å². The van der Waals surface area contributed by atoms with Crippen LogP contribution in [0.4, 0.5) is 0 Å². The van der Waals surface area contributed by atoms with Crippen LogP contribution in [0.3, 0.4) is 0 Å². The van der Waals surface area contributed by atoms with Gasteiger partial charge in [0.25, 0.3) is 0 Å². The number of ether oxygens (including phenoxy) is 2. The second-order valence-corrected chi connectivity index (χ2v) is 13.5. The summed E-state index contributed by atoms with van der Waals surface area (Å²) < 4.78 is 36.1. The lowest BCUT2D eigenvalue weighted by molar-refractivity contribution is -0.139. The summed E-state index contributed by atoms with van der Waals surface area (Å²) in [6.07, 6.45) is 0.812. The zero-order valence-corrected chi connectivity index (χ0v) is 25.7. The molecule has 0 fully saturated rings. The molecule has 0 radical (unpaired) electrons. The maximum Gasteiger partial charge on any atom is 0.336 e. The van der Waals surface area contributed by atoms with Crippen molar-refractivity contribution >= 4 is 21.8 Å². The van der Waals surface area contributed by atoms with Crippen molar-refractivity contribution in [2.24, 2.45) is 5.14 Å². The highest BCUT2D eigenvalue weighted by molar-refractivity contribution is 7.89. The maximum atomic E-state index is 14.1. The van der Waals surface area contributed by atoms with Crippen LogP contribution in [0.15, 0.2) is 63.8 Å². The van der Waals surface area contributed by atoms with Crippen LogP contribution in [0.1, 0.15) is 80.2 Å². The number of sulfonamides is 1. The fraction of sp³-hybridized carbons (Fsp3) is 0.438. The molecule has 2 aromatic rings. The summed E-state index contributed by atoms with van der Waals surface area (Å²) in [5, 5.41) is 8.87. The van der Waals surface area contributed by atoms with Gasteiger partial charge in [-0.3, -0.25) is 4.79 Å². The van der Waals surface area contributed by atoms with E-state index in [2.05, 4.69) is 38.2 Å². The van der Waals surface area contributed by atoms with Crippen LogP contribution >= 0.6 is 0 Å². The molecule has 220 valence electrons. The molecule has 0 aromatic heterocycles. The highest BCUT2D eigenvalue weighted by atomic mass is 32.2. The Bertz CT molecular complexity index is 1540. The number of dihydropyridines is 1. The summed E-state index contributed by atoms with van der Waals surface area (Å²) in [5.74, 6) is -1.60. The average molecular weight is 581 g/mol. The molecule has 2 unspecified atom stereocenters. The van der Waals surface area contributed by atoms with E-state index in [0.717, 1.165) is 16.7 Å². The summed E-state index contributed by atoms with van der Waals surface area (Å²) >= 11 is 0. The van der Waals surface area contributed by atoms with Gasteiger partial charge in [0.05, 0.1) is 35.0 Å². The van der Waals surface area contributed by atoms with Crippen molar-refractivity contribution in [1.29, 1.82) is 0 Å². The highest BCUT2D eigenvalue weighted by Crippen LogP contribution is 2.47. The fourth-order valence-corrected chi connectivity index (χ4v) is 6.62. The summed E-state index contributed by atoms with van der Waals surface area (Å²) in [7, 11) is -4.03. The number of nitrogens with one attached hydrogen (secondary N) is 1. The third-order valence-electron chi connectivity index (χ3n) is 7.52. The Morgan fingerprint density at radius 3 is 2.32 bits per heavy atom. The lowest BCUT2D eigenvalue weighted by atomic mass is 9.70. The molecule has 2 aromatic carbocycles. The molecule has 3 N–H and O–H groups in total. The maximum absolute atomic E-state index is 14.1. The van der Waals surface area contributed by atoms with Crippen LogP contribution in [0.25, 0.3) is 0 Å². The Morgan fingerprint density at radius 1 is 1.07 bits per heavy atom.